The molecule has 0 saturated heterocycles. The number of nitrogens with zero attached hydrogens (tertiary/aromatic N) is 1. The molecule has 0 atom stereocenters. The van der Waals surface area contributed by atoms with Crippen molar-refractivity contribution in [1.29, 1.82) is 0 Å². The van der Waals surface area contributed by atoms with E-state index in [-0.39, 0.29) is 11.5 Å². The Kier molecular flexibility index (Phi) is 3.40. The number of aromatic hydroxyl groups is 2. The van der Waals surface area contributed by atoms with Gasteiger partial charge in [-0.25, -0.2) is 0 Å². The molecule has 0 aliphatic carbocycles. The van der Waals surface area contributed by atoms with Gasteiger partial charge in [0.15, 0.2) is 0 Å². The SMILES string of the molecule is Oc1ccccc1CN(Cl)c1ccccc1O. The van der Waals surface area contributed by atoms with Gasteiger partial charge in [0.25, 0.3) is 0 Å². The summed E-state index contributed by atoms with van der Waals surface area (Å²) in [5.74, 6) is 0.298. The molecule has 0 radical (unpaired) electrons. The molecule has 0 aliphatic heterocycles. The molecule has 0 unspecified atom stereocenters. The average molecular weight is 250 g/mol. The van der Waals surface area contributed by atoms with Gasteiger partial charge in [0.1, 0.15) is 11.5 Å². The Labute approximate surface area is 105 Å². The summed E-state index contributed by atoms with van der Waals surface area (Å²) in [6, 6.07) is 13.7. The highest BCUT2D eigenvalue weighted by atomic mass is 35.5. The van der Waals surface area contributed by atoms with Gasteiger partial charge < -0.3 is 10.2 Å². The van der Waals surface area contributed by atoms with E-state index in [1.807, 2.05) is 6.07 Å². The third kappa shape index (κ3) is 2.63. The lowest BCUT2D eigenvalue weighted by Crippen LogP contribution is -2.09. The molecule has 2 aromatic carbocycles. The predicted octanol–water partition coefficient (Wildman–Crippen LogP) is 3.26. The molecule has 2 aromatic rings. The molecule has 0 bridgehead atoms. The molecule has 0 aliphatic rings. The van der Waals surface area contributed by atoms with Crippen LogP contribution >= 0.6 is 11.8 Å². The smallest absolute Gasteiger partial charge is 0.140 e. The van der Waals surface area contributed by atoms with Crippen LogP contribution in [0.25, 0.3) is 0 Å². The number of anilines is 1. The van der Waals surface area contributed by atoms with Crippen LogP contribution in [0.4, 0.5) is 5.69 Å². The van der Waals surface area contributed by atoms with Crippen LogP contribution in [-0.2, 0) is 6.54 Å². The molecule has 2 rings (SSSR count). The Morgan fingerprint density at radius 2 is 1.47 bits per heavy atom. The number of phenolic OH excluding ortho intramolecular Hbond substituents is 2. The zero-order valence-electron chi connectivity index (χ0n) is 9.05. The maximum Gasteiger partial charge on any atom is 0.140 e. The molecule has 0 amide bonds. The minimum Gasteiger partial charge on any atom is -0.508 e. The van der Waals surface area contributed by atoms with Crippen LogP contribution in [0.3, 0.4) is 0 Å². The Balaban J connectivity index is 2.20. The summed E-state index contributed by atoms with van der Waals surface area (Å²) in [5, 5.41) is 19.3. The first kappa shape index (κ1) is 11.6. The van der Waals surface area contributed by atoms with Crippen LogP contribution in [0, 0.1) is 0 Å². The first-order valence-electron chi connectivity index (χ1n) is 5.16. The second kappa shape index (κ2) is 4.97. The molecule has 0 saturated carbocycles. The van der Waals surface area contributed by atoms with Crippen LogP contribution < -0.4 is 4.42 Å². The lowest BCUT2D eigenvalue weighted by molar-refractivity contribution is 0.466. The number of benzene rings is 2. The standard InChI is InChI=1S/C13H12ClNO2/c14-15(11-6-2-4-8-13(11)17)9-10-5-1-3-7-12(10)16/h1-8,16-17H,9H2. The number of hydrogen-bond acceptors (Lipinski definition) is 3. The molecule has 0 heterocycles. The summed E-state index contributed by atoms with van der Waals surface area (Å²) in [7, 11) is 0. The van der Waals surface area contributed by atoms with Crippen molar-refractivity contribution in [3.63, 3.8) is 0 Å². The molecular weight excluding hydrogens is 238 g/mol. The number of halogens is 1. The van der Waals surface area contributed by atoms with Gasteiger partial charge in [0.05, 0.1) is 12.2 Å². The Hall–Kier alpha value is -1.87. The summed E-state index contributed by atoms with van der Waals surface area (Å²) >= 11 is 6.08. The van der Waals surface area contributed by atoms with Crippen molar-refractivity contribution in [3.8, 4) is 11.5 Å². The van der Waals surface area contributed by atoms with Crippen molar-refractivity contribution in [1.82, 2.24) is 0 Å². The lowest BCUT2D eigenvalue weighted by atomic mass is 10.2. The maximum absolute atomic E-state index is 9.64. The second-order valence-corrected chi connectivity index (χ2v) is 4.05. The van der Waals surface area contributed by atoms with E-state index >= 15 is 0 Å². The van der Waals surface area contributed by atoms with Crippen LogP contribution in [0.1, 0.15) is 5.56 Å². The van der Waals surface area contributed by atoms with Gasteiger partial charge in [-0.15, -0.1) is 0 Å². The zero-order valence-corrected chi connectivity index (χ0v) is 9.80. The second-order valence-electron chi connectivity index (χ2n) is 3.64. The van der Waals surface area contributed by atoms with Gasteiger partial charge in [0.2, 0.25) is 0 Å². The molecule has 2 N–H and O–H groups in total. The third-order valence-corrected chi connectivity index (χ3v) is 2.75. The first-order chi connectivity index (χ1) is 8.18. The molecule has 3 nitrogen and oxygen atoms in total. The Morgan fingerprint density at radius 3 is 2.12 bits per heavy atom. The van der Waals surface area contributed by atoms with Gasteiger partial charge in [-0.2, -0.15) is 0 Å². The van der Waals surface area contributed by atoms with E-state index in [0.717, 1.165) is 0 Å². The largest absolute Gasteiger partial charge is 0.508 e. The summed E-state index contributed by atoms with van der Waals surface area (Å²) < 4.78 is 1.37. The minimum atomic E-state index is 0.109. The molecule has 17 heavy (non-hydrogen) atoms. The van der Waals surface area contributed by atoms with Crippen molar-refractivity contribution in [2.45, 2.75) is 6.54 Å². The number of rotatable bonds is 3. The van der Waals surface area contributed by atoms with Crippen molar-refractivity contribution in [2.24, 2.45) is 0 Å². The summed E-state index contributed by atoms with van der Waals surface area (Å²) in [6.07, 6.45) is 0. The summed E-state index contributed by atoms with van der Waals surface area (Å²) in [4.78, 5) is 0. The van der Waals surface area contributed by atoms with Crippen LogP contribution in [-0.4, -0.2) is 10.2 Å². The van der Waals surface area contributed by atoms with Crippen LogP contribution in [0.15, 0.2) is 48.5 Å². The van der Waals surface area contributed by atoms with E-state index in [1.54, 1.807) is 42.5 Å². The Bertz CT molecular complexity index is 516. The van der Waals surface area contributed by atoms with Crippen molar-refractivity contribution in [2.75, 3.05) is 4.42 Å². The molecular formula is C13H12ClNO2. The number of phenols is 2. The molecule has 88 valence electrons. The fraction of sp³-hybridized carbons (Fsp3) is 0.0769. The quantitative estimate of drug-likeness (QED) is 0.821. The van der Waals surface area contributed by atoms with E-state index in [4.69, 9.17) is 11.8 Å². The van der Waals surface area contributed by atoms with Crippen molar-refractivity contribution >= 4 is 17.5 Å². The van der Waals surface area contributed by atoms with Gasteiger partial charge >= 0.3 is 0 Å². The van der Waals surface area contributed by atoms with Gasteiger partial charge in [-0.3, -0.25) is 4.42 Å². The fourth-order valence-electron chi connectivity index (χ4n) is 1.55. The van der Waals surface area contributed by atoms with Crippen LogP contribution in [0.2, 0.25) is 0 Å². The molecule has 4 heteroatoms. The lowest BCUT2D eigenvalue weighted by Gasteiger charge is -2.17. The van der Waals surface area contributed by atoms with E-state index < -0.39 is 0 Å². The average Bonchev–Trinajstić information content (AvgIpc) is 2.32. The van der Waals surface area contributed by atoms with Crippen molar-refractivity contribution in [3.05, 3.63) is 54.1 Å². The highest BCUT2D eigenvalue weighted by Crippen LogP contribution is 2.30. The van der Waals surface area contributed by atoms with E-state index in [9.17, 15) is 10.2 Å². The van der Waals surface area contributed by atoms with E-state index in [1.165, 1.54) is 4.42 Å². The topological polar surface area (TPSA) is 43.7 Å². The maximum atomic E-state index is 9.64. The van der Waals surface area contributed by atoms with E-state index in [0.29, 0.717) is 17.8 Å². The normalized spacial score (nSPS) is 10.2. The highest BCUT2D eigenvalue weighted by molar-refractivity contribution is 6.25. The predicted molar refractivity (Wildman–Crippen MR) is 68.2 cm³/mol. The monoisotopic (exact) mass is 249 g/mol. The Morgan fingerprint density at radius 1 is 0.882 bits per heavy atom. The fourth-order valence-corrected chi connectivity index (χ4v) is 1.82. The summed E-state index contributed by atoms with van der Waals surface area (Å²) in [6.45, 7) is 0.311. The number of hydrogen-bond donors (Lipinski definition) is 2. The van der Waals surface area contributed by atoms with Gasteiger partial charge in [0, 0.05) is 17.3 Å². The van der Waals surface area contributed by atoms with Crippen molar-refractivity contribution < 1.29 is 10.2 Å². The van der Waals surface area contributed by atoms with E-state index in [2.05, 4.69) is 0 Å². The molecule has 0 spiro atoms. The first-order valence-corrected chi connectivity index (χ1v) is 5.50. The molecule has 0 fully saturated rings. The third-order valence-electron chi connectivity index (χ3n) is 2.44. The van der Waals surface area contributed by atoms with Gasteiger partial charge in [-0.1, -0.05) is 30.3 Å². The van der Waals surface area contributed by atoms with Gasteiger partial charge in [-0.05, 0) is 18.2 Å². The van der Waals surface area contributed by atoms with Crippen LogP contribution in [0.5, 0.6) is 11.5 Å². The highest BCUT2D eigenvalue weighted by Gasteiger charge is 2.10. The molecule has 0 aromatic heterocycles. The summed E-state index contributed by atoms with van der Waals surface area (Å²) in [5.41, 5.74) is 1.21. The zero-order chi connectivity index (χ0) is 12.3. The number of para-hydroxylation sites is 3. The minimum absolute atomic E-state index is 0.109.